The van der Waals surface area contributed by atoms with Gasteiger partial charge in [0.2, 0.25) is 11.8 Å². The van der Waals surface area contributed by atoms with Crippen molar-refractivity contribution in [2.24, 2.45) is 17.8 Å². The topological polar surface area (TPSA) is 77.9 Å². The lowest BCUT2D eigenvalue weighted by atomic mass is 9.94. The van der Waals surface area contributed by atoms with E-state index in [1.165, 1.54) is 4.90 Å². The summed E-state index contributed by atoms with van der Waals surface area (Å²) in [6.45, 7) is 3.06. The highest BCUT2D eigenvalue weighted by molar-refractivity contribution is 5.89. The van der Waals surface area contributed by atoms with Crippen LogP contribution in [0.25, 0.3) is 0 Å². The lowest BCUT2D eigenvalue weighted by Crippen LogP contribution is -2.52. The van der Waals surface area contributed by atoms with E-state index in [4.69, 9.17) is 0 Å². The van der Waals surface area contributed by atoms with Crippen LogP contribution in [0.5, 0.6) is 0 Å². The Morgan fingerprint density at radius 2 is 1.84 bits per heavy atom. The van der Waals surface area contributed by atoms with Gasteiger partial charge in [-0.3, -0.25) is 14.4 Å². The zero-order valence-corrected chi connectivity index (χ0v) is 11.3. The van der Waals surface area contributed by atoms with Crippen LogP contribution in [0.1, 0.15) is 19.8 Å². The molecule has 106 valence electrons. The van der Waals surface area contributed by atoms with Gasteiger partial charge in [-0.25, -0.2) is 0 Å². The molecule has 1 N–H and O–H groups in total. The highest BCUT2D eigenvalue weighted by atomic mass is 16.4. The van der Waals surface area contributed by atoms with Crippen LogP contribution < -0.4 is 0 Å². The number of amides is 2. The van der Waals surface area contributed by atoms with E-state index in [1.807, 2.05) is 6.92 Å². The lowest BCUT2D eigenvalue weighted by Gasteiger charge is -2.34. The summed E-state index contributed by atoms with van der Waals surface area (Å²) in [7, 11) is 1.71. The van der Waals surface area contributed by atoms with Gasteiger partial charge in [0, 0.05) is 20.1 Å². The number of hydrogen-bond acceptors (Lipinski definition) is 3. The second-order valence-corrected chi connectivity index (χ2v) is 5.70. The Kier molecular flexibility index (Phi) is 3.78. The number of rotatable bonds is 2. The van der Waals surface area contributed by atoms with Crippen molar-refractivity contribution in [2.45, 2.75) is 19.8 Å². The minimum atomic E-state index is -0.900. The summed E-state index contributed by atoms with van der Waals surface area (Å²) in [6, 6.07) is 0. The van der Waals surface area contributed by atoms with Crippen LogP contribution in [0, 0.1) is 17.8 Å². The molecule has 1 aliphatic heterocycles. The summed E-state index contributed by atoms with van der Waals surface area (Å²) in [5.74, 6) is -1.97. The van der Waals surface area contributed by atoms with Crippen molar-refractivity contribution in [2.75, 3.05) is 26.7 Å². The minimum Gasteiger partial charge on any atom is -0.481 e. The number of hydrogen-bond donors (Lipinski definition) is 1. The van der Waals surface area contributed by atoms with E-state index in [9.17, 15) is 19.5 Å². The van der Waals surface area contributed by atoms with E-state index >= 15 is 0 Å². The second kappa shape index (κ2) is 5.19. The zero-order valence-electron chi connectivity index (χ0n) is 11.3. The van der Waals surface area contributed by atoms with Crippen molar-refractivity contribution in [3.8, 4) is 0 Å². The Hall–Kier alpha value is -1.59. The molecule has 0 radical (unpaired) electrons. The zero-order chi connectivity index (χ0) is 14.2. The largest absolute Gasteiger partial charge is 0.481 e. The maximum atomic E-state index is 12.4. The molecule has 0 bridgehead atoms. The molecule has 3 atom stereocenters. The fourth-order valence-corrected chi connectivity index (χ4v) is 3.02. The van der Waals surface area contributed by atoms with Crippen molar-refractivity contribution in [1.82, 2.24) is 9.80 Å². The summed E-state index contributed by atoms with van der Waals surface area (Å²) in [6.07, 6.45) is 1.16. The van der Waals surface area contributed by atoms with Crippen molar-refractivity contribution < 1.29 is 19.5 Å². The van der Waals surface area contributed by atoms with E-state index in [0.29, 0.717) is 25.9 Å². The molecule has 0 spiro atoms. The van der Waals surface area contributed by atoms with Gasteiger partial charge < -0.3 is 14.9 Å². The van der Waals surface area contributed by atoms with E-state index in [-0.39, 0.29) is 24.3 Å². The van der Waals surface area contributed by atoms with Crippen molar-refractivity contribution >= 4 is 17.8 Å². The molecule has 2 rings (SSSR count). The molecular formula is C13H20N2O4. The van der Waals surface area contributed by atoms with E-state index < -0.39 is 17.8 Å². The highest BCUT2D eigenvalue weighted by Crippen LogP contribution is 2.37. The smallest absolute Gasteiger partial charge is 0.307 e. The van der Waals surface area contributed by atoms with Gasteiger partial charge in [-0.1, -0.05) is 6.92 Å². The summed E-state index contributed by atoms with van der Waals surface area (Å²) in [5.41, 5.74) is 0. The normalized spacial score (nSPS) is 31.7. The molecule has 1 aliphatic carbocycles. The highest BCUT2D eigenvalue weighted by Gasteiger charge is 2.43. The SMILES string of the molecule is CC1CC(C(=O)O)C(C(=O)N2CCN(C)C(=O)C2)C1. The van der Waals surface area contributed by atoms with Crippen LogP contribution >= 0.6 is 0 Å². The average molecular weight is 268 g/mol. The number of carbonyl (C=O) groups is 3. The first-order valence-electron chi connectivity index (χ1n) is 6.65. The third-order valence-corrected chi connectivity index (χ3v) is 4.20. The minimum absolute atomic E-state index is 0.0759. The Morgan fingerprint density at radius 3 is 2.42 bits per heavy atom. The van der Waals surface area contributed by atoms with Crippen LogP contribution in [0.2, 0.25) is 0 Å². The molecule has 1 saturated carbocycles. The number of piperazine rings is 1. The second-order valence-electron chi connectivity index (χ2n) is 5.70. The summed E-state index contributed by atoms with van der Waals surface area (Å²) < 4.78 is 0. The maximum Gasteiger partial charge on any atom is 0.307 e. The number of carboxylic acid groups (broad SMARTS) is 1. The van der Waals surface area contributed by atoms with Gasteiger partial charge in [-0.05, 0) is 18.8 Å². The van der Waals surface area contributed by atoms with E-state index in [2.05, 4.69) is 0 Å². The molecule has 6 nitrogen and oxygen atoms in total. The standard InChI is InChI=1S/C13H20N2O4/c1-8-5-9(10(6-8)13(18)19)12(17)15-4-3-14(2)11(16)7-15/h8-10H,3-7H2,1-2H3,(H,18,19). The van der Waals surface area contributed by atoms with Gasteiger partial charge >= 0.3 is 5.97 Å². The molecule has 2 aliphatic rings. The van der Waals surface area contributed by atoms with Gasteiger partial charge in [-0.2, -0.15) is 0 Å². The van der Waals surface area contributed by atoms with E-state index in [1.54, 1.807) is 11.9 Å². The molecule has 19 heavy (non-hydrogen) atoms. The fraction of sp³-hybridized carbons (Fsp3) is 0.769. The third-order valence-electron chi connectivity index (χ3n) is 4.20. The molecule has 1 saturated heterocycles. The Bertz CT molecular complexity index is 409. The average Bonchev–Trinajstić information content (AvgIpc) is 2.74. The molecule has 0 aromatic rings. The molecule has 6 heteroatoms. The number of likely N-dealkylation sites (N-methyl/N-ethyl adjacent to an activating group) is 1. The van der Waals surface area contributed by atoms with Crippen LogP contribution in [0.4, 0.5) is 0 Å². The summed E-state index contributed by atoms with van der Waals surface area (Å²) >= 11 is 0. The molecule has 0 aromatic carbocycles. The molecule has 3 unspecified atom stereocenters. The van der Waals surface area contributed by atoms with Gasteiger partial charge in [0.05, 0.1) is 18.4 Å². The number of carboxylic acids is 1. The van der Waals surface area contributed by atoms with E-state index in [0.717, 1.165) is 0 Å². The fourth-order valence-electron chi connectivity index (χ4n) is 3.02. The quantitative estimate of drug-likeness (QED) is 0.766. The van der Waals surface area contributed by atoms with Crippen LogP contribution in [-0.4, -0.2) is 59.4 Å². The van der Waals surface area contributed by atoms with Gasteiger partial charge in [0.25, 0.3) is 0 Å². The number of nitrogens with zero attached hydrogens (tertiary/aromatic N) is 2. The number of carbonyl (C=O) groups excluding carboxylic acids is 2. The molecule has 2 fully saturated rings. The van der Waals surface area contributed by atoms with Crippen molar-refractivity contribution in [3.05, 3.63) is 0 Å². The van der Waals surface area contributed by atoms with Gasteiger partial charge in [0.1, 0.15) is 0 Å². The number of aliphatic carboxylic acids is 1. The molecule has 2 amide bonds. The third kappa shape index (κ3) is 2.72. The maximum absolute atomic E-state index is 12.4. The first-order chi connectivity index (χ1) is 8.90. The first-order valence-corrected chi connectivity index (χ1v) is 6.65. The van der Waals surface area contributed by atoms with Crippen molar-refractivity contribution in [1.29, 1.82) is 0 Å². The van der Waals surface area contributed by atoms with Crippen LogP contribution in [0.3, 0.4) is 0 Å². The summed E-state index contributed by atoms with van der Waals surface area (Å²) in [5, 5.41) is 9.20. The monoisotopic (exact) mass is 268 g/mol. The van der Waals surface area contributed by atoms with Crippen LogP contribution in [0.15, 0.2) is 0 Å². The lowest BCUT2D eigenvalue weighted by molar-refractivity contribution is -0.152. The predicted octanol–water partition coefficient (Wildman–Crippen LogP) is 0.0339. The Labute approximate surface area is 112 Å². The van der Waals surface area contributed by atoms with Gasteiger partial charge in [-0.15, -0.1) is 0 Å². The van der Waals surface area contributed by atoms with Crippen LogP contribution in [-0.2, 0) is 14.4 Å². The molecular weight excluding hydrogens is 248 g/mol. The first kappa shape index (κ1) is 13.8. The Morgan fingerprint density at radius 1 is 1.21 bits per heavy atom. The van der Waals surface area contributed by atoms with Gasteiger partial charge in [0.15, 0.2) is 0 Å². The molecule has 1 heterocycles. The van der Waals surface area contributed by atoms with Crippen molar-refractivity contribution in [3.63, 3.8) is 0 Å². The Balaban J connectivity index is 2.06. The molecule has 0 aromatic heterocycles. The summed E-state index contributed by atoms with van der Waals surface area (Å²) in [4.78, 5) is 38.3. The predicted molar refractivity (Wildman–Crippen MR) is 67.2 cm³/mol.